The number of ether oxygens (including phenoxy) is 5. The third-order valence-corrected chi connectivity index (χ3v) is 17.0. The van der Waals surface area contributed by atoms with Crippen LogP contribution >= 0.6 is 0 Å². The predicted octanol–water partition coefficient (Wildman–Crippen LogP) is 5.00. The summed E-state index contributed by atoms with van der Waals surface area (Å²) in [5.74, 6) is 1.37. The standard InChI is InChI=1S/C41H66N2O9/c1-9-48-34(37(5,6)47)25-20-24(2)31-32(51-25)33(45)39(8)27-11-10-26-36(3,4)28(12-13-40(26)23-41(27,40)15-14-38(31,39)7)52-30-22-42(16-18-49-30)21-29(44)43-17-19-50-35(43)46/h24-28,30-34,45,47H,9-23H2,1-8H3/t24-,25-,26+,27+,28+,30+,31+,32+,33+,34+,38-,39-,40-,41+/m1/s1. The van der Waals surface area contributed by atoms with Gasteiger partial charge in [0, 0.05) is 18.6 Å². The number of carbonyl (C=O) groups excluding carboxylic acids is 2. The first-order valence-electron chi connectivity index (χ1n) is 20.6. The van der Waals surface area contributed by atoms with Crippen LogP contribution in [0.15, 0.2) is 0 Å². The summed E-state index contributed by atoms with van der Waals surface area (Å²) in [6, 6.07) is 0. The van der Waals surface area contributed by atoms with Gasteiger partial charge in [-0.1, -0.05) is 34.6 Å². The fraction of sp³-hybridized carbons (Fsp3) is 0.951. The van der Waals surface area contributed by atoms with Gasteiger partial charge in [-0.05, 0) is 117 Å². The lowest BCUT2D eigenvalue weighted by atomic mass is 9.41. The predicted molar refractivity (Wildman–Crippen MR) is 192 cm³/mol. The summed E-state index contributed by atoms with van der Waals surface area (Å²) in [5, 5.41) is 23.7. The van der Waals surface area contributed by atoms with E-state index in [1.54, 1.807) is 0 Å². The molecule has 14 atom stereocenters. The van der Waals surface area contributed by atoms with E-state index in [4.69, 9.17) is 23.7 Å². The second kappa shape index (κ2) is 12.6. The molecule has 0 aromatic carbocycles. The second-order valence-corrected chi connectivity index (χ2v) is 19.9. The number of fused-ring (bicyclic) bond motifs is 4. The van der Waals surface area contributed by atoms with Crippen molar-refractivity contribution in [1.82, 2.24) is 9.80 Å². The quantitative estimate of drug-likeness (QED) is 0.353. The first kappa shape index (κ1) is 37.6. The van der Waals surface area contributed by atoms with E-state index in [-0.39, 0.29) is 70.4 Å². The van der Waals surface area contributed by atoms with E-state index in [1.807, 2.05) is 25.7 Å². The van der Waals surface area contributed by atoms with Crippen LogP contribution in [-0.4, -0.2) is 120 Å². The molecule has 0 bridgehead atoms. The molecular formula is C41H66N2O9. The molecule has 0 aromatic heterocycles. The summed E-state index contributed by atoms with van der Waals surface area (Å²) in [5.41, 5.74) is -0.868. The molecule has 5 aliphatic carbocycles. The van der Waals surface area contributed by atoms with Crippen LogP contribution < -0.4 is 0 Å². The van der Waals surface area contributed by atoms with Crippen molar-refractivity contribution in [1.29, 1.82) is 0 Å². The minimum Gasteiger partial charge on any atom is -0.447 e. The van der Waals surface area contributed by atoms with Crippen LogP contribution in [0.1, 0.15) is 107 Å². The Morgan fingerprint density at radius 2 is 1.77 bits per heavy atom. The minimum absolute atomic E-state index is 0.0274. The first-order valence-corrected chi connectivity index (χ1v) is 20.6. The van der Waals surface area contributed by atoms with Gasteiger partial charge in [-0.2, -0.15) is 0 Å². The number of aliphatic hydroxyl groups excluding tert-OH is 1. The molecule has 8 aliphatic rings. The number of hydrogen-bond donors (Lipinski definition) is 2. The zero-order chi connectivity index (χ0) is 37.2. The molecule has 8 rings (SSSR count). The van der Waals surface area contributed by atoms with E-state index >= 15 is 0 Å². The Morgan fingerprint density at radius 1 is 1.04 bits per heavy atom. The molecular weight excluding hydrogens is 664 g/mol. The maximum Gasteiger partial charge on any atom is 0.416 e. The number of hydrogen-bond acceptors (Lipinski definition) is 10. The highest BCUT2D eigenvalue weighted by Crippen LogP contribution is 2.89. The summed E-state index contributed by atoms with van der Waals surface area (Å²) in [6.07, 6.45) is 6.36. The SMILES string of the molecule is CCO[C@@H]([C@H]1C[C@@H](C)[C@H]2[C@H](O1)[C@H](O)[C@@]1(C)[C@@H]3CC[C@H]4C(C)(C)[C@@H](O[C@H]5CN(CC(=O)N6CCOC6=O)CCO5)CC[C@@]45C[C@@]35CC[C@]21C)C(C)(C)O. The van der Waals surface area contributed by atoms with E-state index < -0.39 is 30.2 Å². The van der Waals surface area contributed by atoms with Crippen molar-refractivity contribution in [2.75, 3.05) is 46.0 Å². The van der Waals surface area contributed by atoms with Crippen molar-refractivity contribution in [2.45, 2.75) is 149 Å². The number of carbonyl (C=O) groups is 2. The molecule has 11 heteroatoms. The molecule has 11 nitrogen and oxygen atoms in total. The van der Waals surface area contributed by atoms with E-state index in [9.17, 15) is 19.8 Å². The van der Waals surface area contributed by atoms with Crippen molar-refractivity contribution in [3.05, 3.63) is 0 Å². The molecule has 0 unspecified atom stereocenters. The highest BCUT2D eigenvalue weighted by atomic mass is 16.7. The van der Waals surface area contributed by atoms with Crippen molar-refractivity contribution in [2.24, 2.45) is 50.7 Å². The van der Waals surface area contributed by atoms with Crippen LogP contribution in [-0.2, 0) is 28.5 Å². The number of rotatable bonds is 8. The molecule has 5 saturated carbocycles. The zero-order valence-electron chi connectivity index (χ0n) is 33.0. The molecule has 0 aromatic rings. The summed E-state index contributed by atoms with van der Waals surface area (Å²) in [7, 11) is 0. The number of aliphatic hydroxyl groups is 2. The molecule has 3 saturated heterocycles. The molecule has 2 amide bonds. The highest BCUT2D eigenvalue weighted by Gasteiger charge is 2.84. The van der Waals surface area contributed by atoms with Crippen LogP contribution in [0.5, 0.6) is 0 Å². The maximum atomic E-state index is 12.8. The number of cyclic esters (lactones) is 1. The number of amides is 2. The van der Waals surface area contributed by atoms with Crippen LogP contribution in [0.2, 0.25) is 0 Å². The second-order valence-electron chi connectivity index (χ2n) is 19.9. The molecule has 52 heavy (non-hydrogen) atoms. The lowest BCUT2D eigenvalue weighted by Crippen LogP contribution is -2.60. The Kier molecular flexibility index (Phi) is 9.09. The van der Waals surface area contributed by atoms with Gasteiger partial charge in [0.05, 0.1) is 56.3 Å². The largest absolute Gasteiger partial charge is 0.447 e. The zero-order valence-corrected chi connectivity index (χ0v) is 33.0. The molecule has 294 valence electrons. The van der Waals surface area contributed by atoms with Crippen molar-refractivity contribution in [3.8, 4) is 0 Å². The fourth-order valence-corrected chi connectivity index (χ4v) is 14.7. The summed E-state index contributed by atoms with van der Waals surface area (Å²) >= 11 is 0. The molecule has 3 aliphatic heterocycles. The van der Waals surface area contributed by atoms with Crippen molar-refractivity contribution >= 4 is 12.0 Å². The third-order valence-electron chi connectivity index (χ3n) is 17.0. The Labute approximate surface area is 310 Å². The van der Waals surface area contributed by atoms with Gasteiger partial charge in [-0.15, -0.1) is 0 Å². The van der Waals surface area contributed by atoms with Gasteiger partial charge in [0.15, 0.2) is 6.29 Å². The van der Waals surface area contributed by atoms with Gasteiger partial charge < -0.3 is 33.9 Å². The number of morpholine rings is 1. The average Bonchev–Trinajstić information content (AvgIpc) is 3.47. The van der Waals surface area contributed by atoms with Crippen LogP contribution in [0.4, 0.5) is 4.79 Å². The third kappa shape index (κ3) is 5.21. The Balaban J connectivity index is 0.978. The van der Waals surface area contributed by atoms with Gasteiger partial charge in [0.1, 0.15) is 12.7 Å². The van der Waals surface area contributed by atoms with Gasteiger partial charge >= 0.3 is 6.09 Å². The van der Waals surface area contributed by atoms with Gasteiger partial charge in [0.2, 0.25) is 5.91 Å². The van der Waals surface area contributed by atoms with E-state index in [1.165, 1.54) is 17.7 Å². The molecule has 2 spiro atoms. The summed E-state index contributed by atoms with van der Waals surface area (Å²) < 4.78 is 31.0. The normalized spacial score (nSPS) is 48.8. The van der Waals surface area contributed by atoms with E-state index in [2.05, 4.69) is 34.6 Å². The van der Waals surface area contributed by atoms with E-state index in [0.29, 0.717) is 50.6 Å². The average molecular weight is 731 g/mol. The van der Waals surface area contributed by atoms with Crippen LogP contribution in [0, 0.1) is 50.7 Å². The maximum absolute atomic E-state index is 12.8. The lowest BCUT2D eigenvalue weighted by Gasteiger charge is -2.64. The Morgan fingerprint density at radius 3 is 2.46 bits per heavy atom. The molecule has 3 heterocycles. The van der Waals surface area contributed by atoms with Crippen molar-refractivity contribution in [3.63, 3.8) is 0 Å². The number of nitrogens with zero attached hydrogens (tertiary/aromatic N) is 2. The van der Waals surface area contributed by atoms with Crippen LogP contribution in [0.3, 0.4) is 0 Å². The smallest absolute Gasteiger partial charge is 0.416 e. The Hall–Kier alpha value is -1.34. The van der Waals surface area contributed by atoms with E-state index in [0.717, 1.165) is 38.5 Å². The minimum atomic E-state index is -1.04. The van der Waals surface area contributed by atoms with Gasteiger partial charge in [-0.25, -0.2) is 9.69 Å². The first-order chi connectivity index (χ1) is 24.4. The van der Waals surface area contributed by atoms with Gasteiger partial charge in [0.25, 0.3) is 0 Å². The lowest BCUT2D eigenvalue weighted by molar-refractivity contribution is -0.248. The monoisotopic (exact) mass is 730 g/mol. The fourth-order valence-electron chi connectivity index (χ4n) is 14.7. The van der Waals surface area contributed by atoms with Crippen molar-refractivity contribution < 1.29 is 43.5 Å². The highest BCUT2D eigenvalue weighted by molar-refractivity contribution is 5.94. The molecule has 2 N–H and O–H groups in total. The number of imide groups is 1. The topological polar surface area (TPSA) is 127 Å². The van der Waals surface area contributed by atoms with Gasteiger partial charge in [-0.3, -0.25) is 9.69 Å². The van der Waals surface area contributed by atoms with Crippen LogP contribution in [0.25, 0.3) is 0 Å². The molecule has 0 radical (unpaired) electrons. The Bertz CT molecular complexity index is 1420. The summed E-state index contributed by atoms with van der Waals surface area (Å²) in [4.78, 5) is 28.0. The summed E-state index contributed by atoms with van der Waals surface area (Å²) in [6.45, 7) is 20.5. The molecule has 8 fully saturated rings.